The van der Waals surface area contributed by atoms with Crippen molar-refractivity contribution in [3.05, 3.63) is 70.7 Å². The predicted molar refractivity (Wildman–Crippen MR) is 127 cm³/mol. The maximum absolute atomic E-state index is 6.81. The van der Waals surface area contributed by atoms with Crippen molar-refractivity contribution in [2.45, 2.75) is 64.0 Å². The molecule has 3 aromatic rings. The molecule has 0 N–H and O–H groups in total. The minimum Gasteiger partial charge on any atom is -0.487 e. The Hall–Kier alpha value is -2.19. The van der Waals surface area contributed by atoms with Crippen LogP contribution in [-0.4, -0.2) is 12.1 Å². The molecule has 2 aliphatic rings. The number of fused-ring (bicyclic) bond motifs is 2. The summed E-state index contributed by atoms with van der Waals surface area (Å²) >= 11 is 6.54. The average Bonchev–Trinajstić information content (AvgIpc) is 2.76. The van der Waals surface area contributed by atoms with E-state index < -0.39 is 0 Å². The van der Waals surface area contributed by atoms with Crippen LogP contribution in [-0.2, 0) is 0 Å². The van der Waals surface area contributed by atoms with Crippen molar-refractivity contribution in [3.63, 3.8) is 0 Å². The summed E-state index contributed by atoms with van der Waals surface area (Å²) in [7, 11) is 0. The van der Waals surface area contributed by atoms with Gasteiger partial charge in [-0.05, 0) is 68.7 Å². The van der Waals surface area contributed by atoms with Crippen molar-refractivity contribution in [1.29, 1.82) is 0 Å². The molecule has 1 unspecified atom stereocenters. The molecule has 1 saturated carbocycles. The highest BCUT2D eigenvalue weighted by Gasteiger charge is 2.44. The third kappa shape index (κ3) is 3.36. The van der Waals surface area contributed by atoms with Crippen LogP contribution in [0.5, 0.6) is 5.75 Å². The van der Waals surface area contributed by atoms with Gasteiger partial charge in [-0.3, -0.25) is 0 Å². The molecule has 30 heavy (non-hydrogen) atoms. The van der Waals surface area contributed by atoms with Crippen LogP contribution in [0.2, 0.25) is 5.02 Å². The van der Waals surface area contributed by atoms with Gasteiger partial charge in [0.25, 0.3) is 0 Å². The lowest BCUT2D eigenvalue weighted by atomic mass is 9.76. The number of rotatable bonds is 3. The number of anilines is 1. The number of halogens is 1. The maximum atomic E-state index is 6.81. The van der Waals surface area contributed by atoms with Gasteiger partial charge in [-0.1, -0.05) is 54.4 Å². The molecule has 1 aliphatic carbocycles. The summed E-state index contributed by atoms with van der Waals surface area (Å²) in [5.74, 6) is 1.07. The normalized spacial score (nSPS) is 20.0. The first-order chi connectivity index (χ1) is 14.6. The van der Waals surface area contributed by atoms with E-state index in [1.807, 2.05) is 6.07 Å². The van der Waals surface area contributed by atoms with Gasteiger partial charge in [0.1, 0.15) is 11.4 Å². The standard InChI is InChI=1S/C27H30ClNO/c1-3-29(24-13-9-11-20-10-5-6-12-22(20)24)25-18-27(14-7-4-8-15-27)30-26-19(2)16-21(28)17-23(25)26/h5-6,9-13,16-17,25H,3-4,7-8,14-15,18H2,1-2H3. The average molecular weight is 420 g/mol. The Morgan fingerprint density at radius 3 is 2.60 bits per heavy atom. The number of nitrogens with zero attached hydrogens (tertiary/aromatic N) is 1. The van der Waals surface area contributed by atoms with Gasteiger partial charge in [0.2, 0.25) is 0 Å². The molecule has 1 atom stereocenters. The third-order valence-electron chi connectivity index (χ3n) is 7.07. The molecule has 0 amide bonds. The van der Waals surface area contributed by atoms with E-state index >= 15 is 0 Å². The fourth-order valence-electron chi connectivity index (χ4n) is 5.66. The molecule has 0 radical (unpaired) electrons. The summed E-state index contributed by atoms with van der Waals surface area (Å²) < 4.78 is 6.81. The molecule has 1 fully saturated rings. The summed E-state index contributed by atoms with van der Waals surface area (Å²) in [5, 5.41) is 3.40. The van der Waals surface area contributed by atoms with Crippen molar-refractivity contribution in [1.82, 2.24) is 0 Å². The molecule has 1 heterocycles. The monoisotopic (exact) mass is 419 g/mol. The molecular formula is C27H30ClNO. The van der Waals surface area contributed by atoms with Crippen LogP contribution >= 0.6 is 11.6 Å². The van der Waals surface area contributed by atoms with E-state index in [-0.39, 0.29) is 11.6 Å². The lowest BCUT2D eigenvalue weighted by Crippen LogP contribution is -2.47. The number of benzene rings is 3. The minimum absolute atomic E-state index is 0.0491. The summed E-state index contributed by atoms with van der Waals surface area (Å²) in [5.41, 5.74) is 3.65. The third-order valence-corrected chi connectivity index (χ3v) is 7.29. The lowest BCUT2D eigenvalue weighted by molar-refractivity contribution is 0.000348. The first-order valence-electron chi connectivity index (χ1n) is 11.3. The van der Waals surface area contributed by atoms with Crippen LogP contribution in [0.3, 0.4) is 0 Å². The zero-order chi connectivity index (χ0) is 20.7. The molecule has 5 rings (SSSR count). The first kappa shape index (κ1) is 19.8. The quantitative estimate of drug-likeness (QED) is 0.428. The SMILES string of the molecule is CCN(c1cccc2ccccc12)C1CC2(CCCCC2)Oc2c(C)cc(Cl)cc21. The van der Waals surface area contributed by atoms with Crippen molar-refractivity contribution in [2.75, 3.05) is 11.4 Å². The second-order valence-electron chi connectivity index (χ2n) is 8.99. The van der Waals surface area contributed by atoms with Crippen LogP contribution in [0.25, 0.3) is 10.8 Å². The molecule has 0 aromatic heterocycles. The minimum atomic E-state index is -0.0491. The van der Waals surface area contributed by atoms with E-state index in [0.29, 0.717) is 0 Å². The maximum Gasteiger partial charge on any atom is 0.128 e. The van der Waals surface area contributed by atoms with Gasteiger partial charge in [0, 0.05) is 34.6 Å². The van der Waals surface area contributed by atoms with Gasteiger partial charge in [0.05, 0.1) is 6.04 Å². The Labute approximate surface area is 184 Å². The second-order valence-corrected chi connectivity index (χ2v) is 9.43. The molecule has 3 heteroatoms. The van der Waals surface area contributed by atoms with Crippen LogP contribution in [0.4, 0.5) is 5.69 Å². The molecule has 1 aliphatic heterocycles. The Balaban J connectivity index is 1.67. The smallest absolute Gasteiger partial charge is 0.128 e. The van der Waals surface area contributed by atoms with Crippen LogP contribution in [0.1, 0.15) is 62.6 Å². The fourth-order valence-corrected chi connectivity index (χ4v) is 5.94. The molecule has 3 aromatic carbocycles. The highest BCUT2D eigenvalue weighted by atomic mass is 35.5. The van der Waals surface area contributed by atoms with E-state index in [1.165, 1.54) is 41.3 Å². The zero-order valence-corrected chi connectivity index (χ0v) is 18.7. The van der Waals surface area contributed by atoms with E-state index in [0.717, 1.165) is 42.1 Å². The summed E-state index contributed by atoms with van der Waals surface area (Å²) in [6, 6.07) is 19.8. The van der Waals surface area contributed by atoms with Crippen molar-refractivity contribution in [3.8, 4) is 5.75 Å². The van der Waals surface area contributed by atoms with Crippen LogP contribution in [0, 0.1) is 6.92 Å². The largest absolute Gasteiger partial charge is 0.487 e. The van der Waals surface area contributed by atoms with E-state index in [2.05, 4.69) is 67.3 Å². The summed E-state index contributed by atoms with van der Waals surface area (Å²) in [6.45, 7) is 5.35. The predicted octanol–water partition coefficient (Wildman–Crippen LogP) is 7.85. The first-order valence-corrected chi connectivity index (χ1v) is 11.7. The van der Waals surface area contributed by atoms with Crippen molar-refractivity contribution in [2.24, 2.45) is 0 Å². The molecule has 0 bridgehead atoms. The molecule has 1 spiro atoms. The molecule has 0 saturated heterocycles. The molecule has 156 valence electrons. The number of hydrogen-bond donors (Lipinski definition) is 0. The van der Waals surface area contributed by atoms with Gasteiger partial charge in [-0.15, -0.1) is 0 Å². The van der Waals surface area contributed by atoms with E-state index in [9.17, 15) is 0 Å². The number of ether oxygens (including phenoxy) is 1. The highest BCUT2D eigenvalue weighted by molar-refractivity contribution is 6.30. The highest BCUT2D eigenvalue weighted by Crippen LogP contribution is 2.51. The van der Waals surface area contributed by atoms with Gasteiger partial charge in [0.15, 0.2) is 0 Å². The van der Waals surface area contributed by atoms with Gasteiger partial charge in [-0.2, -0.15) is 0 Å². The van der Waals surface area contributed by atoms with Crippen LogP contribution in [0.15, 0.2) is 54.6 Å². The second kappa shape index (κ2) is 7.81. The lowest BCUT2D eigenvalue weighted by Gasteiger charge is -2.48. The van der Waals surface area contributed by atoms with E-state index in [1.54, 1.807) is 0 Å². The van der Waals surface area contributed by atoms with E-state index in [4.69, 9.17) is 16.3 Å². The Kier molecular flexibility index (Phi) is 5.14. The van der Waals surface area contributed by atoms with Crippen molar-refractivity contribution >= 4 is 28.1 Å². The summed E-state index contributed by atoms with van der Waals surface area (Å²) in [4.78, 5) is 2.58. The topological polar surface area (TPSA) is 12.5 Å². The zero-order valence-electron chi connectivity index (χ0n) is 18.0. The molecular weight excluding hydrogens is 390 g/mol. The van der Waals surface area contributed by atoms with Crippen molar-refractivity contribution < 1.29 is 4.74 Å². The summed E-state index contributed by atoms with van der Waals surface area (Å²) in [6.07, 6.45) is 7.17. The van der Waals surface area contributed by atoms with Gasteiger partial charge >= 0.3 is 0 Å². The number of aryl methyl sites for hydroxylation is 1. The number of hydrogen-bond acceptors (Lipinski definition) is 2. The Morgan fingerprint density at radius 2 is 1.80 bits per heavy atom. The van der Waals surface area contributed by atoms with Crippen LogP contribution < -0.4 is 9.64 Å². The fraction of sp³-hybridized carbons (Fsp3) is 0.407. The van der Waals surface area contributed by atoms with Gasteiger partial charge in [-0.25, -0.2) is 0 Å². The molecule has 2 nitrogen and oxygen atoms in total. The Morgan fingerprint density at radius 1 is 1.03 bits per heavy atom. The van der Waals surface area contributed by atoms with Gasteiger partial charge < -0.3 is 9.64 Å². The Bertz CT molecular complexity index is 1060.